The van der Waals surface area contributed by atoms with Crippen LogP contribution in [0.3, 0.4) is 0 Å². The molecule has 0 heterocycles. The number of hydrogen-bond donors (Lipinski definition) is 3. The second-order valence-corrected chi connectivity index (χ2v) is 6.51. The van der Waals surface area contributed by atoms with E-state index in [-0.39, 0.29) is 0 Å². The van der Waals surface area contributed by atoms with Crippen molar-refractivity contribution in [3.05, 3.63) is 109 Å². The minimum absolute atomic E-state index is 0.887. The lowest BCUT2D eigenvalue weighted by atomic mass is 10.2. The Balaban J connectivity index is 1.30. The van der Waals surface area contributed by atoms with E-state index in [9.17, 15) is 0 Å². The normalized spacial score (nSPS) is 10.6. The average molecular weight is 378 g/mol. The maximum Gasteiger partial charge on any atom is 0.0930 e. The molecule has 3 N–H and O–H groups in total. The van der Waals surface area contributed by atoms with Crippen molar-refractivity contribution in [3.8, 4) is 0 Å². The third-order valence-corrected chi connectivity index (χ3v) is 4.32. The van der Waals surface area contributed by atoms with E-state index in [0.29, 0.717) is 0 Å². The van der Waals surface area contributed by atoms with Crippen molar-refractivity contribution < 1.29 is 0 Å². The van der Waals surface area contributed by atoms with Crippen LogP contribution in [0.25, 0.3) is 0 Å². The molecule has 0 fully saturated rings. The third kappa shape index (κ3) is 5.47. The van der Waals surface area contributed by atoms with Crippen molar-refractivity contribution >= 4 is 40.5 Å². The molecule has 0 unspecified atom stereocenters. The third-order valence-electron chi connectivity index (χ3n) is 4.32. The average Bonchev–Trinajstić information content (AvgIpc) is 2.78. The Kier molecular flexibility index (Phi) is 5.84. The Morgan fingerprint density at radius 2 is 0.862 bits per heavy atom. The number of rotatable bonds is 7. The number of anilines is 5. The Hall–Kier alpha value is -4.05. The van der Waals surface area contributed by atoms with Gasteiger partial charge in [-0.05, 0) is 72.8 Å². The first-order valence-electron chi connectivity index (χ1n) is 9.48. The molecule has 0 radical (unpaired) electrons. The number of benzene rings is 4. The molecule has 142 valence electrons. The molecule has 0 aromatic heterocycles. The predicted octanol–water partition coefficient (Wildman–Crippen LogP) is 6.95. The van der Waals surface area contributed by atoms with Gasteiger partial charge in [-0.25, -0.2) is 4.99 Å². The van der Waals surface area contributed by atoms with Gasteiger partial charge >= 0.3 is 0 Å². The molecule has 0 aliphatic heterocycles. The molecule has 4 aromatic rings. The highest BCUT2D eigenvalue weighted by molar-refractivity contribution is 5.79. The van der Waals surface area contributed by atoms with Crippen molar-refractivity contribution in [3.63, 3.8) is 0 Å². The fourth-order valence-corrected chi connectivity index (χ4v) is 2.84. The van der Waals surface area contributed by atoms with Gasteiger partial charge in [0.1, 0.15) is 0 Å². The Labute approximate surface area is 171 Å². The zero-order valence-electron chi connectivity index (χ0n) is 15.9. The molecule has 4 nitrogen and oxygen atoms in total. The van der Waals surface area contributed by atoms with Crippen LogP contribution in [-0.2, 0) is 0 Å². The second-order valence-electron chi connectivity index (χ2n) is 6.51. The van der Waals surface area contributed by atoms with Crippen LogP contribution in [0, 0.1) is 0 Å². The first kappa shape index (κ1) is 18.3. The van der Waals surface area contributed by atoms with Crippen LogP contribution in [0.15, 0.2) is 114 Å². The Morgan fingerprint density at radius 3 is 1.38 bits per heavy atom. The van der Waals surface area contributed by atoms with Crippen molar-refractivity contribution in [2.24, 2.45) is 4.99 Å². The highest BCUT2D eigenvalue weighted by Crippen LogP contribution is 2.21. The monoisotopic (exact) mass is 378 g/mol. The minimum atomic E-state index is 0.887. The largest absolute Gasteiger partial charge is 0.356 e. The maximum atomic E-state index is 4.46. The summed E-state index contributed by atoms with van der Waals surface area (Å²) in [4.78, 5) is 4.46. The van der Waals surface area contributed by atoms with E-state index >= 15 is 0 Å². The number of hydrogen-bond acceptors (Lipinski definition) is 3. The quantitative estimate of drug-likeness (QED) is 0.241. The Morgan fingerprint density at radius 1 is 0.448 bits per heavy atom. The molecule has 0 aliphatic carbocycles. The molecular formula is C25H22N4. The molecule has 4 rings (SSSR count). The summed E-state index contributed by atoms with van der Waals surface area (Å²) in [6.45, 7) is 0. The van der Waals surface area contributed by atoms with Crippen LogP contribution in [0.4, 0.5) is 34.1 Å². The highest BCUT2D eigenvalue weighted by Gasteiger charge is 1.96. The summed E-state index contributed by atoms with van der Waals surface area (Å²) < 4.78 is 0. The maximum absolute atomic E-state index is 4.46. The van der Waals surface area contributed by atoms with Gasteiger partial charge < -0.3 is 16.0 Å². The molecule has 0 saturated heterocycles. The summed E-state index contributed by atoms with van der Waals surface area (Å²) in [6.07, 6.45) is 1.71. The molecule has 0 aliphatic rings. The SMILES string of the molecule is C(=Nc1ccc(Nc2ccccc2)cc1)Nc1ccc(Nc2ccccc2)cc1. The van der Waals surface area contributed by atoms with Crippen LogP contribution in [-0.4, -0.2) is 6.34 Å². The molecular weight excluding hydrogens is 356 g/mol. The van der Waals surface area contributed by atoms with E-state index in [0.717, 1.165) is 34.1 Å². The van der Waals surface area contributed by atoms with Gasteiger partial charge in [0.2, 0.25) is 0 Å². The zero-order chi connectivity index (χ0) is 19.7. The number of nitrogens with one attached hydrogen (secondary N) is 3. The van der Waals surface area contributed by atoms with Gasteiger partial charge in [0.05, 0.1) is 12.0 Å². The standard InChI is InChI=1S/C25H22N4/c1-3-7-22(8-4-1)28-24-15-11-20(12-16-24)26-19-27-21-13-17-25(18-14-21)29-23-9-5-2-6-10-23/h1-19,28-29H,(H,26,27). The second kappa shape index (κ2) is 9.24. The molecule has 0 saturated carbocycles. The van der Waals surface area contributed by atoms with Gasteiger partial charge in [0.25, 0.3) is 0 Å². The smallest absolute Gasteiger partial charge is 0.0930 e. The van der Waals surface area contributed by atoms with Gasteiger partial charge in [0.15, 0.2) is 0 Å². The van der Waals surface area contributed by atoms with Crippen molar-refractivity contribution in [1.82, 2.24) is 0 Å². The molecule has 0 atom stereocenters. The van der Waals surface area contributed by atoms with Crippen LogP contribution in [0.2, 0.25) is 0 Å². The lowest BCUT2D eigenvalue weighted by molar-refractivity contribution is 1.49. The predicted molar refractivity (Wildman–Crippen MR) is 124 cm³/mol. The summed E-state index contributed by atoms with van der Waals surface area (Å²) in [5.74, 6) is 0. The van der Waals surface area contributed by atoms with Gasteiger partial charge in [-0.15, -0.1) is 0 Å². The van der Waals surface area contributed by atoms with E-state index in [1.807, 2.05) is 109 Å². The zero-order valence-corrected chi connectivity index (χ0v) is 15.9. The minimum Gasteiger partial charge on any atom is -0.356 e. The highest BCUT2D eigenvalue weighted by atomic mass is 14.9. The Bertz CT molecular complexity index is 1040. The van der Waals surface area contributed by atoms with Crippen LogP contribution in [0.1, 0.15) is 0 Å². The summed E-state index contributed by atoms with van der Waals surface area (Å²) in [6, 6.07) is 36.3. The molecule has 4 aromatic carbocycles. The molecule has 0 amide bonds. The van der Waals surface area contributed by atoms with Gasteiger partial charge in [0, 0.05) is 28.4 Å². The van der Waals surface area contributed by atoms with E-state index < -0.39 is 0 Å². The first-order chi connectivity index (χ1) is 14.3. The van der Waals surface area contributed by atoms with Crippen LogP contribution >= 0.6 is 0 Å². The number of nitrogens with zero attached hydrogens (tertiary/aromatic N) is 1. The van der Waals surface area contributed by atoms with E-state index in [2.05, 4.69) is 20.9 Å². The first-order valence-corrected chi connectivity index (χ1v) is 9.48. The van der Waals surface area contributed by atoms with Gasteiger partial charge in [-0.1, -0.05) is 36.4 Å². The fraction of sp³-hybridized carbons (Fsp3) is 0. The van der Waals surface area contributed by atoms with Crippen LogP contribution in [0.5, 0.6) is 0 Å². The van der Waals surface area contributed by atoms with Crippen molar-refractivity contribution in [2.45, 2.75) is 0 Å². The topological polar surface area (TPSA) is 48.5 Å². The number of para-hydroxylation sites is 2. The van der Waals surface area contributed by atoms with Crippen molar-refractivity contribution in [1.29, 1.82) is 0 Å². The molecule has 4 heteroatoms. The summed E-state index contributed by atoms with van der Waals surface area (Å²) in [5.41, 5.74) is 6.08. The fourth-order valence-electron chi connectivity index (χ4n) is 2.84. The summed E-state index contributed by atoms with van der Waals surface area (Å²) >= 11 is 0. The van der Waals surface area contributed by atoms with E-state index in [1.165, 1.54) is 0 Å². The molecule has 0 bridgehead atoms. The van der Waals surface area contributed by atoms with Gasteiger partial charge in [-0.3, -0.25) is 0 Å². The number of aliphatic imine (C=N–C) groups is 1. The lowest BCUT2D eigenvalue weighted by Crippen LogP contribution is -1.95. The van der Waals surface area contributed by atoms with Gasteiger partial charge in [-0.2, -0.15) is 0 Å². The van der Waals surface area contributed by atoms with Crippen molar-refractivity contribution in [2.75, 3.05) is 16.0 Å². The molecule has 29 heavy (non-hydrogen) atoms. The van der Waals surface area contributed by atoms with E-state index in [1.54, 1.807) is 6.34 Å². The van der Waals surface area contributed by atoms with E-state index in [4.69, 9.17) is 0 Å². The van der Waals surface area contributed by atoms with Crippen LogP contribution < -0.4 is 16.0 Å². The summed E-state index contributed by atoms with van der Waals surface area (Å²) in [7, 11) is 0. The molecule has 0 spiro atoms. The summed E-state index contributed by atoms with van der Waals surface area (Å²) in [5, 5.41) is 9.93. The lowest BCUT2D eigenvalue weighted by Gasteiger charge is -2.07.